The summed E-state index contributed by atoms with van der Waals surface area (Å²) in [4.78, 5) is 29.0. The Kier molecular flexibility index (Phi) is 4.81. The molecule has 122 valence electrons. The highest BCUT2D eigenvalue weighted by Gasteiger charge is 2.27. The molecule has 1 atom stereocenters. The van der Waals surface area contributed by atoms with Crippen molar-refractivity contribution in [2.24, 2.45) is 5.92 Å². The predicted molar refractivity (Wildman–Crippen MR) is 77.0 cm³/mol. The number of amides is 1. The molecule has 0 aromatic carbocycles. The molecule has 1 aromatic rings. The Morgan fingerprint density at radius 1 is 1.55 bits per heavy atom. The van der Waals surface area contributed by atoms with E-state index in [2.05, 4.69) is 15.3 Å². The number of hydrogen-bond donors (Lipinski definition) is 3. The SMILES string of the molecule is CS(=O)(=O)N1CCC[C@H](CNC(=O)c2nc[nH]c2C(=O)O)C1. The third-order valence-electron chi connectivity index (χ3n) is 3.57. The van der Waals surface area contributed by atoms with E-state index in [1.807, 2.05) is 0 Å². The molecule has 0 unspecified atom stereocenters. The van der Waals surface area contributed by atoms with Crippen LogP contribution in [0.3, 0.4) is 0 Å². The lowest BCUT2D eigenvalue weighted by atomic mass is 10.00. The van der Waals surface area contributed by atoms with Gasteiger partial charge in [-0.1, -0.05) is 0 Å². The van der Waals surface area contributed by atoms with E-state index in [1.54, 1.807) is 0 Å². The number of nitrogens with one attached hydrogen (secondary N) is 2. The second kappa shape index (κ2) is 6.44. The van der Waals surface area contributed by atoms with E-state index in [0.717, 1.165) is 25.4 Å². The second-order valence-electron chi connectivity index (χ2n) is 5.27. The molecule has 3 N–H and O–H groups in total. The number of aromatic carboxylic acids is 1. The van der Waals surface area contributed by atoms with Gasteiger partial charge in [-0.15, -0.1) is 0 Å². The summed E-state index contributed by atoms with van der Waals surface area (Å²) in [6, 6.07) is 0. The van der Waals surface area contributed by atoms with Crippen LogP contribution in [0.1, 0.15) is 33.8 Å². The van der Waals surface area contributed by atoms with E-state index in [9.17, 15) is 18.0 Å². The fourth-order valence-corrected chi connectivity index (χ4v) is 3.39. The van der Waals surface area contributed by atoms with Gasteiger partial charge in [0.25, 0.3) is 5.91 Å². The minimum atomic E-state index is -3.23. The van der Waals surface area contributed by atoms with Crippen LogP contribution in [0.4, 0.5) is 0 Å². The molecule has 0 bridgehead atoms. The predicted octanol–water partition coefficient (Wildman–Crippen LogP) is -0.491. The van der Waals surface area contributed by atoms with Crippen LogP contribution in [0, 0.1) is 5.92 Å². The Morgan fingerprint density at radius 2 is 2.27 bits per heavy atom. The number of piperidine rings is 1. The van der Waals surface area contributed by atoms with Gasteiger partial charge in [-0.2, -0.15) is 0 Å². The third kappa shape index (κ3) is 3.83. The van der Waals surface area contributed by atoms with Crippen LogP contribution in [-0.2, 0) is 10.0 Å². The number of aromatic amines is 1. The monoisotopic (exact) mass is 330 g/mol. The Balaban J connectivity index is 1.94. The first-order valence-electron chi connectivity index (χ1n) is 6.79. The summed E-state index contributed by atoms with van der Waals surface area (Å²) in [5.41, 5.74) is -0.442. The van der Waals surface area contributed by atoms with Gasteiger partial charge in [-0.05, 0) is 18.8 Å². The molecule has 22 heavy (non-hydrogen) atoms. The van der Waals surface area contributed by atoms with E-state index in [-0.39, 0.29) is 23.9 Å². The van der Waals surface area contributed by atoms with Crippen LogP contribution in [0.2, 0.25) is 0 Å². The summed E-state index contributed by atoms with van der Waals surface area (Å²) in [7, 11) is -3.23. The smallest absolute Gasteiger partial charge is 0.354 e. The molecule has 1 amide bonds. The molecule has 2 heterocycles. The molecule has 0 radical (unpaired) electrons. The number of rotatable bonds is 5. The van der Waals surface area contributed by atoms with E-state index < -0.39 is 21.9 Å². The van der Waals surface area contributed by atoms with Gasteiger partial charge in [0.15, 0.2) is 11.4 Å². The Bertz CT molecular complexity index is 669. The van der Waals surface area contributed by atoms with Crippen LogP contribution < -0.4 is 5.32 Å². The van der Waals surface area contributed by atoms with Crippen molar-refractivity contribution in [2.75, 3.05) is 25.9 Å². The number of carboxylic acids is 1. The second-order valence-corrected chi connectivity index (χ2v) is 7.25. The molecule has 0 spiro atoms. The number of carboxylic acid groups (broad SMARTS) is 1. The van der Waals surface area contributed by atoms with Gasteiger partial charge in [-0.3, -0.25) is 4.79 Å². The van der Waals surface area contributed by atoms with Crippen molar-refractivity contribution < 1.29 is 23.1 Å². The number of imidazole rings is 1. The van der Waals surface area contributed by atoms with Crippen LogP contribution in [0.25, 0.3) is 0 Å². The largest absolute Gasteiger partial charge is 0.477 e. The minimum Gasteiger partial charge on any atom is -0.477 e. The van der Waals surface area contributed by atoms with Crippen LogP contribution in [0.5, 0.6) is 0 Å². The zero-order chi connectivity index (χ0) is 16.3. The highest BCUT2D eigenvalue weighted by atomic mass is 32.2. The molecule has 1 aliphatic heterocycles. The first-order chi connectivity index (χ1) is 10.3. The Morgan fingerprint density at radius 3 is 2.91 bits per heavy atom. The summed E-state index contributed by atoms with van der Waals surface area (Å²) < 4.78 is 24.5. The zero-order valence-electron chi connectivity index (χ0n) is 12.1. The zero-order valence-corrected chi connectivity index (χ0v) is 12.9. The topological polar surface area (TPSA) is 132 Å². The number of H-pyrrole nitrogens is 1. The highest BCUT2D eigenvalue weighted by molar-refractivity contribution is 7.88. The number of nitrogens with zero attached hydrogens (tertiary/aromatic N) is 2. The van der Waals surface area contributed by atoms with Crippen LogP contribution in [-0.4, -0.2) is 65.6 Å². The van der Waals surface area contributed by atoms with Gasteiger partial charge in [0.2, 0.25) is 10.0 Å². The molecule has 0 aliphatic carbocycles. The van der Waals surface area contributed by atoms with Crippen LogP contribution in [0.15, 0.2) is 6.33 Å². The first-order valence-corrected chi connectivity index (χ1v) is 8.64. The maximum absolute atomic E-state index is 12.0. The maximum atomic E-state index is 12.0. The fraction of sp³-hybridized carbons (Fsp3) is 0.583. The first kappa shape index (κ1) is 16.4. The van der Waals surface area contributed by atoms with Crippen molar-refractivity contribution in [3.8, 4) is 0 Å². The molecule has 0 saturated carbocycles. The summed E-state index contributed by atoms with van der Waals surface area (Å²) in [5.74, 6) is -1.85. The Labute approximate surface area is 127 Å². The van der Waals surface area contributed by atoms with E-state index in [4.69, 9.17) is 5.11 Å². The van der Waals surface area contributed by atoms with Gasteiger partial charge < -0.3 is 15.4 Å². The number of aromatic nitrogens is 2. The number of carbonyl (C=O) groups is 2. The quantitative estimate of drug-likeness (QED) is 0.667. The molecule has 1 aliphatic rings. The van der Waals surface area contributed by atoms with Crippen molar-refractivity contribution in [2.45, 2.75) is 12.8 Å². The molecular weight excluding hydrogens is 312 g/mol. The molecule has 1 saturated heterocycles. The minimum absolute atomic E-state index is 0.000329. The number of hydrogen-bond acceptors (Lipinski definition) is 5. The molecule has 9 nitrogen and oxygen atoms in total. The van der Waals surface area contributed by atoms with E-state index in [1.165, 1.54) is 4.31 Å². The molecule has 1 fully saturated rings. The van der Waals surface area contributed by atoms with Gasteiger partial charge in [-0.25, -0.2) is 22.5 Å². The van der Waals surface area contributed by atoms with Crippen molar-refractivity contribution in [3.63, 3.8) is 0 Å². The maximum Gasteiger partial charge on any atom is 0.354 e. The van der Waals surface area contributed by atoms with Gasteiger partial charge in [0, 0.05) is 19.6 Å². The van der Waals surface area contributed by atoms with Crippen molar-refractivity contribution in [1.82, 2.24) is 19.6 Å². The number of carbonyl (C=O) groups excluding carboxylic acids is 1. The van der Waals surface area contributed by atoms with Gasteiger partial charge in [0.05, 0.1) is 12.6 Å². The van der Waals surface area contributed by atoms with Gasteiger partial charge >= 0.3 is 5.97 Å². The van der Waals surface area contributed by atoms with Crippen molar-refractivity contribution >= 4 is 21.9 Å². The lowest BCUT2D eigenvalue weighted by Gasteiger charge is -2.30. The van der Waals surface area contributed by atoms with Crippen LogP contribution >= 0.6 is 0 Å². The van der Waals surface area contributed by atoms with E-state index >= 15 is 0 Å². The summed E-state index contributed by atoms with van der Waals surface area (Å²) >= 11 is 0. The van der Waals surface area contributed by atoms with Crippen molar-refractivity contribution in [1.29, 1.82) is 0 Å². The summed E-state index contributed by atoms with van der Waals surface area (Å²) in [6.07, 6.45) is 3.84. The van der Waals surface area contributed by atoms with Gasteiger partial charge in [0.1, 0.15) is 0 Å². The molecule has 1 aromatic heterocycles. The Hall–Kier alpha value is -1.94. The highest BCUT2D eigenvalue weighted by Crippen LogP contribution is 2.18. The molecule has 10 heteroatoms. The normalized spacial score (nSPS) is 19.8. The molecular formula is C12H18N4O5S. The summed E-state index contributed by atoms with van der Waals surface area (Å²) in [5, 5.41) is 11.5. The fourth-order valence-electron chi connectivity index (χ4n) is 2.44. The van der Waals surface area contributed by atoms with E-state index in [0.29, 0.717) is 13.1 Å². The molecule has 2 rings (SSSR count). The third-order valence-corrected chi connectivity index (χ3v) is 4.84. The lowest BCUT2D eigenvalue weighted by Crippen LogP contribution is -2.43. The van der Waals surface area contributed by atoms with Crippen molar-refractivity contribution in [3.05, 3.63) is 17.7 Å². The standard InChI is InChI=1S/C12H18N4O5S/c1-22(20,21)16-4-2-3-8(6-16)5-13-11(17)9-10(12(18)19)15-7-14-9/h7-8H,2-6H2,1H3,(H,13,17)(H,14,15)(H,18,19)/t8-/m1/s1. The summed E-state index contributed by atoms with van der Waals surface area (Å²) in [6.45, 7) is 1.12. The lowest BCUT2D eigenvalue weighted by molar-refractivity contribution is 0.0684. The number of sulfonamides is 1. The average Bonchev–Trinajstić information content (AvgIpc) is 2.94. The average molecular weight is 330 g/mol.